The molecule has 9 N–H and O–H groups in total. The van der Waals surface area contributed by atoms with Crippen LogP contribution in [0.1, 0.15) is 44.7 Å². The summed E-state index contributed by atoms with van der Waals surface area (Å²) in [5.74, 6) is -3.10. The number of aliphatic hydroxyl groups excluding tert-OH is 1. The van der Waals surface area contributed by atoms with Crippen LogP contribution in [-0.4, -0.2) is 92.1 Å². The zero-order valence-corrected chi connectivity index (χ0v) is 19.3. The van der Waals surface area contributed by atoms with Gasteiger partial charge in [-0.05, 0) is 39.2 Å². The Hall–Kier alpha value is -3.03. The second-order valence-corrected chi connectivity index (χ2v) is 8.49. The lowest BCUT2D eigenvalue weighted by atomic mass is 10.1. The molecule has 0 spiro atoms. The maximum Gasteiger partial charge on any atom is 0.326 e. The topological polar surface area (TPSA) is 217 Å². The molecule has 5 atom stereocenters. The molecule has 1 aromatic heterocycles. The molecule has 34 heavy (non-hydrogen) atoms. The number of nitrogens with one attached hydrogen (secondary N) is 3. The smallest absolute Gasteiger partial charge is 0.326 e. The zero-order chi connectivity index (χ0) is 25.3. The van der Waals surface area contributed by atoms with Gasteiger partial charge < -0.3 is 42.2 Å². The van der Waals surface area contributed by atoms with Crippen LogP contribution in [0.2, 0.25) is 0 Å². The Morgan fingerprint density at radius 3 is 2.59 bits per heavy atom. The summed E-state index contributed by atoms with van der Waals surface area (Å²) in [6.45, 7) is 2.01. The molecule has 1 aromatic rings. The Bertz CT molecular complexity index is 832. The summed E-state index contributed by atoms with van der Waals surface area (Å²) in [5.41, 5.74) is 12.0. The lowest BCUT2D eigenvalue weighted by molar-refractivity contribution is -0.150. The summed E-state index contributed by atoms with van der Waals surface area (Å²) in [6.07, 6.45) is 4.21. The van der Waals surface area contributed by atoms with Crippen molar-refractivity contribution >= 4 is 23.7 Å². The molecular formula is C21H35N7O6. The number of unbranched alkanes of at least 4 members (excludes halogenated alkanes) is 1. The zero-order valence-electron chi connectivity index (χ0n) is 19.3. The fourth-order valence-corrected chi connectivity index (χ4v) is 3.85. The lowest BCUT2D eigenvalue weighted by Crippen LogP contribution is -2.60. The van der Waals surface area contributed by atoms with E-state index in [9.17, 15) is 29.4 Å². The van der Waals surface area contributed by atoms with Gasteiger partial charge in [0.2, 0.25) is 17.7 Å². The second kappa shape index (κ2) is 13.0. The van der Waals surface area contributed by atoms with Crippen molar-refractivity contribution in [3.05, 3.63) is 18.2 Å². The van der Waals surface area contributed by atoms with Gasteiger partial charge in [0.1, 0.15) is 18.1 Å². The fraction of sp³-hybridized carbons (Fsp3) is 0.667. The van der Waals surface area contributed by atoms with Crippen LogP contribution in [0.4, 0.5) is 0 Å². The average molecular weight is 482 g/mol. The van der Waals surface area contributed by atoms with E-state index in [0.717, 1.165) is 4.90 Å². The molecule has 190 valence electrons. The summed E-state index contributed by atoms with van der Waals surface area (Å²) in [7, 11) is 0. The second-order valence-electron chi connectivity index (χ2n) is 8.49. The molecule has 0 aromatic carbocycles. The molecular weight excluding hydrogens is 446 g/mol. The van der Waals surface area contributed by atoms with Crippen molar-refractivity contribution in [3.63, 3.8) is 0 Å². The maximum atomic E-state index is 13.1. The third kappa shape index (κ3) is 7.50. The van der Waals surface area contributed by atoms with Gasteiger partial charge in [0.25, 0.3) is 0 Å². The summed E-state index contributed by atoms with van der Waals surface area (Å²) in [4.78, 5) is 58.1. The molecule has 1 fully saturated rings. The summed E-state index contributed by atoms with van der Waals surface area (Å²) < 4.78 is 0. The third-order valence-corrected chi connectivity index (χ3v) is 5.79. The standard InChI is InChI=1S/C21H35N7O6/c1-12(29)17(20(32)28-8-4-6-16(28)21(33)34)27-19(31)15(9-13-10-24-11-25-13)26-18(30)14(23)5-2-3-7-22/h10-12,14-17,29H,2-9,22-23H2,1H3,(H,24,25)(H,26,30)(H,27,31)(H,33,34). The molecule has 1 aliphatic heterocycles. The fourth-order valence-electron chi connectivity index (χ4n) is 3.85. The van der Waals surface area contributed by atoms with Crippen molar-refractivity contribution in [3.8, 4) is 0 Å². The Labute approximate surface area is 197 Å². The van der Waals surface area contributed by atoms with Gasteiger partial charge in [-0.15, -0.1) is 0 Å². The molecule has 13 heteroatoms. The maximum absolute atomic E-state index is 13.1. The van der Waals surface area contributed by atoms with Crippen molar-refractivity contribution in [2.75, 3.05) is 13.1 Å². The van der Waals surface area contributed by atoms with E-state index in [1.165, 1.54) is 19.4 Å². The highest BCUT2D eigenvalue weighted by molar-refractivity contribution is 5.94. The molecule has 1 aliphatic rings. The van der Waals surface area contributed by atoms with Gasteiger partial charge in [-0.1, -0.05) is 6.42 Å². The predicted molar refractivity (Wildman–Crippen MR) is 121 cm³/mol. The number of H-pyrrole nitrogens is 1. The number of aromatic amines is 1. The number of carboxylic acids is 1. The Balaban J connectivity index is 2.14. The highest BCUT2D eigenvalue weighted by Gasteiger charge is 2.40. The van der Waals surface area contributed by atoms with Gasteiger partial charge in [0, 0.05) is 24.9 Å². The van der Waals surface area contributed by atoms with E-state index in [1.54, 1.807) is 0 Å². The van der Waals surface area contributed by atoms with Crippen molar-refractivity contribution in [2.24, 2.45) is 11.5 Å². The van der Waals surface area contributed by atoms with Crippen molar-refractivity contribution in [2.45, 2.75) is 75.7 Å². The number of nitrogens with zero attached hydrogens (tertiary/aromatic N) is 2. The van der Waals surface area contributed by atoms with Crippen LogP contribution in [0.15, 0.2) is 12.5 Å². The molecule has 0 radical (unpaired) electrons. The minimum absolute atomic E-state index is 0.0370. The van der Waals surface area contributed by atoms with Crippen LogP contribution in [0.25, 0.3) is 0 Å². The van der Waals surface area contributed by atoms with E-state index in [1.807, 2.05) is 0 Å². The van der Waals surface area contributed by atoms with E-state index in [2.05, 4.69) is 20.6 Å². The van der Waals surface area contributed by atoms with Crippen molar-refractivity contribution in [1.29, 1.82) is 0 Å². The predicted octanol–water partition coefficient (Wildman–Crippen LogP) is -2.17. The van der Waals surface area contributed by atoms with Gasteiger partial charge >= 0.3 is 5.97 Å². The van der Waals surface area contributed by atoms with Gasteiger partial charge in [-0.3, -0.25) is 14.4 Å². The van der Waals surface area contributed by atoms with Crippen LogP contribution >= 0.6 is 0 Å². The first-order valence-electron chi connectivity index (χ1n) is 11.4. The van der Waals surface area contributed by atoms with Crippen LogP contribution in [0, 0.1) is 0 Å². The van der Waals surface area contributed by atoms with Crippen LogP contribution < -0.4 is 22.1 Å². The van der Waals surface area contributed by atoms with Crippen LogP contribution in [0.5, 0.6) is 0 Å². The normalized spacial score (nSPS) is 19.2. The number of hydrogen-bond donors (Lipinski definition) is 7. The number of hydrogen-bond acceptors (Lipinski definition) is 8. The van der Waals surface area contributed by atoms with Gasteiger partial charge in [-0.2, -0.15) is 0 Å². The number of carbonyl (C=O) groups is 4. The first kappa shape index (κ1) is 27.2. The molecule has 0 aliphatic carbocycles. The van der Waals surface area contributed by atoms with E-state index in [4.69, 9.17) is 11.5 Å². The number of aromatic nitrogens is 2. The number of rotatable bonds is 13. The van der Waals surface area contributed by atoms with E-state index < -0.39 is 54.0 Å². The number of aliphatic hydroxyl groups is 1. The number of likely N-dealkylation sites (tertiary alicyclic amines) is 1. The molecule has 0 bridgehead atoms. The largest absolute Gasteiger partial charge is 0.480 e. The van der Waals surface area contributed by atoms with Gasteiger partial charge in [0.05, 0.1) is 18.5 Å². The van der Waals surface area contributed by atoms with Crippen LogP contribution in [-0.2, 0) is 25.6 Å². The highest BCUT2D eigenvalue weighted by Crippen LogP contribution is 2.19. The number of nitrogens with two attached hydrogens (primary N) is 2. The van der Waals surface area contributed by atoms with Crippen molar-refractivity contribution < 1.29 is 29.4 Å². The first-order valence-corrected chi connectivity index (χ1v) is 11.4. The average Bonchev–Trinajstić information content (AvgIpc) is 3.48. The number of aliphatic carboxylic acids is 1. The highest BCUT2D eigenvalue weighted by atomic mass is 16.4. The molecule has 5 unspecified atom stereocenters. The Morgan fingerprint density at radius 1 is 1.26 bits per heavy atom. The molecule has 1 saturated heterocycles. The quantitative estimate of drug-likeness (QED) is 0.152. The summed E-state index contributed by atoms with van der Waals surface area (Å²) in [6, 6.07) is -4.36. The van der Waals surface area contributed by atoms with E-state index >= 15 is 0 Å². The number of carbonyl (C=O) groups excluding carboxylic acids is 3. The molecule has 0 saturated carbocycles. The van der Waals surface area contributed by atoms with E-state index in [0.29, 0.717) is 44.3 Å². The first-order chi connectivity index (χ1) is 16.1. The minimum Gasteiger partial charge on any atom is -0.480 e. The number of carboxylic acid groups (broad SMARTS) is 1. The van der Waals surface area contributed by atoms with Crippen molar-refractivity contribution in [1.82, 2.24) is 25.5 Å². The minimum atomic E-state index is -1.38. The van der Waals surface area contributed by atoms with Gasteiger partial charge in [0.15, 0.2) is 0 Å². The SMILES string of the molecule is CC(O)C(NC(=O)C(Cc1cnc[nH]1)NC(=O)C(N)CCCCN)C(=O)N1CCCC1C(=O)O. The molecule has 3 amide bonds. The van der Waals surface area contributed by atoms with Crippen LogP contribution in [0.3, 0.4) is 0 Å². The number of imidazole rings is 1. The monoisotopic (exact) mass is 481 g/mol. The summed E-state index contributed by atoms with van der Waals surface area (Å²) in [5, 5.41) is 24.7. The van der Waals surface area contributed by atoms with E-state index in [-0.39, 0.29) is 13.0 Å². The summed E-state index contributed by atoms with van der Waals surface area (Å²) >= 11 is 0. The lowest BCUT2D eigenvalue weighted by Gasteiger charge is -2.30. The Kier molecular flexibility index (Phi) is 10.4. The Morgan fingerprint density at radius 2 is 2.00 bits per heavy atom. The molecule has 2 rings (SSSR count). The number of amides is 3. The third-order valence-electron chi connectivity index (χ3n) is 5.79. The molecule has 13 nitrogen and oxygen atoms in total. The molecule has 2 heterocycles. The van der Waals surface area contributed by atoms with Gasteiger partial charge in [-0.25, -0.2) is 9.78 Å².